The van der Waals surface area contributed by atoms with Crippen LogP contribution in [0.25, 0.3) is 0 Å². The van der Waals surface area contributed by atoms with Gasteiger partial charge < -0.3 is 5.32 Å². The van der Waals surface area contributed by atoms with E-state index in [9.17, 15) is 13.2 Å². The fourth-order valence-electron chi connectivity index (χ4n) is 2.33. The summed E-state index contributed by atoms with van der Waals surface area (Å²) < 4.78 is 24.5. The van der Waals surface area contributed by atoms with Crippen molar-refractivity contribution in [3.63, 3.8) is 0 Å². The van der Waals surface area contributed by atoms with Crippen LogP contribution in [0.5, 0.6) is 0 Å². The predicted octanol–water partition coefficient (Wildman–Crippen LogP) is 3.23. The molecule has 24 heavy (non-hydrogen) atoms. The Hall–Kier alpha value is -2.40. The Morgan fingerprint density at radius 2 is 1.62 bits per heavy atom. The topological polar surface area (TPSA) is 63.2 Å². The minimum atomic E-state index is -3.29. The molecule has 0 aromatic heterocycles. The molecule has 0 heterocycles. The third-order valence-electron chi connectivity index (χ3n) is 3.67. The number of carbonyl (C=O) groups excluding carboxylic acids is 1. The summed E-state index contributed by atoms with van der Waals surface area (Å²) in [5, 5.41) is 2.86. The fraction of sp³-hybridized carbons (Fsp3) is 0.211. The molecule has 1 atom stereocenters. The normalized spacial score (nSPS) is 12.3. The van der Waals surface area contributed by atoms with Crippen molar-refractivity contribution in [1.82, 2.24) is 5.32 Å². The molecule has 2 rings (SSSR count). The van der Waals surface area contributed by atoms with Gasteiger partial charge in [-0.1, -0.05) is 42.5 Å². The highest BCUT2D eigenvalue weighted by Crippen LogP contribution is 2.13. The lowest BCUT2D eigenvalue weighted by molar-refractivity contribution is 0.0943. The molecule has 5 heteroatoms. The van der Waals surface area contributed by atoms with Gasteiger partial charge in [0.15, 0.2) is 9.84 Å². The second-order valence-corrected chi connectivity index (χ2v) is 7.56. The smallest absolute Gasteiger partial charge is 0.251 e. The van der Waals surface area contributed by atoms with Gasteiger partial charge in [-0.3, -0.25) is 4.79 Å². The summed E-state index contributed by atoms with van der Waals surface area (Å²) in [7, 11) is -3.29. The lowest BCUT2D eigenvalue weighted by atomic mass is 10.1. The van der Waals surface area contributed by atoms with Gasteiger partial charge >= 0.3 is 0 Å². The van der Waals surface area contributed by atoms with Gasteiger partial charge in [-0.2, -0.15) is 0 Å². The first-order chi connectivity index (χ1) is 11.5. The van der Waals surface area contributed by atoms with Crippen LogP contribution in [0, 0.1) is 0 Å². The van der Waals surface area contributed by atoms with Crippen LogP contribution in [0.2, 0.25) is 0 Å². The minimum absolute atomic E-state index is 0.0442. The standard InChI is InChI=1S/C19H21NO3S/c1-2-17(20-19(21)16-10-5-3-6-11-16)12-9-15-24(22,23)18-13-7-4-8-14-18/h2-8,10-11,13-14,17H,1,9,12,15H2,(H,20,21). The summed E-state index contributed by atoms with van der Waals surface area (Å²) in [5.74, 6) is -0.144. The zero-order valence-corrected chi connectivity index (χ0v) is 14.2. The largest absolute Gasteiger partial charge is 0.346 e. The van der Waals surface area contributed by atoms with Crippen molar-refractivity contribution in [2.75, 3.05) is 5.75 Å². The lowest BCUT2D eigenvalue weighted by Crippen LogP contribution is -2.33. The molecular weight excluding hydrogens is 322 g/mol. The highest BCUT2D eigenvalue weighted by atomic mass is 32.2. The molecule has 1 N–H and O–H groups in total. The van der Waals surface area contributed by atoms with E-state index in [0.29, 0.717) is 23.3 Å². The van der Waals surface area contributed by atoms with Crippen LogP contribution in [0.3, 0.4) is 0 Å². The van der Waals surface area contributed by atoms with Gasteiger partial charge in [-0.25, -0.2) is 8.42 Å². The van der Waals surface area contributed by atoms with E-state index in [1.165, 1.54) is 0 Å². The number of amides is 1. The van der Waals surface area contributed by atoms with Crippen molar-refractivity contribution in [2.24, 2.45) is 0 Å². The number of sulfone groups is 1. The van der Waals surface area contributed by atoms with Crippen molar-refractivity contribution in [2.45, 2.75) is 23.8 Å². The summed E-state index contributed by atoms with van der Waals surface area (Å²) in [4.78, 5) is 12.4. The number of rotatable bonds is 8. The third-order valence-corrected chi connectivity index (χ3v) is 5.48. The average molecular weight is 343 g/mol. The Labute approximate surface area is 143 Å². The van der Waals surface area contributed by atoms with E-state index in [4.69, 9.17) is 0 Å². The van der Waals surface area contributed by atoms with Crippen LogP contribution >= 0.6 is 0 Å². The first-order valence-corrected chi connectivity index (χ1v) is 9.44. The van der Waals surface area contributed by atoms with E-state index in [1.807, 2.05) is 6.07 Å². The van der Waals surface area contributed by atoms with E-state index >= 15 is 0 Å². The second kappa shape index (κ2) is 8.45. The summed E-state index contributed by atoms with van der Waals surface area (Å²) >= 11 is 0. The van der Waals surface area contributed by atoms with Crippen molar-refractivity contribution >= 4 is 15.7 Å². The van der Waals surface area contributed by atoms with Gasteiger partial charge in [0.2, 0.25) is 0 Å². The van der Waals surface area contributed by atoms with Crippen LogP contribution < -0.4 is 5.32 Å². The summed E-state index contributed by atoms with van der Waals surface area (Å²) in [6.07, 6.45) is 2.60. The highest BCUT2D eigenvalue weighted by molar-refractivity contribution is 7.91. The Bertz CT molecular complexity index is 771. The van der Waals surface area contributed by atoms with Gasteiger partial charge in [0.05, 0.1) is 10.6 Å². The Morgan fingerprint density at radius 1 is 1.04 bits per heavy atom. The lowest BCUT2D eigenvalue weighted by Gasteiger charge is -2.15. The molecule has 4 nitrogen and oxygen atoms in total. The Balaban J connectivity index is 1.88. The summed E-state index contributed by atoms with van der Waals surface area (Å²) in [5.41, 5.74) is 0.571. The first-order valence-electron chi connectivity index (χ1n) is 7.79. The molecule has 1 amide bonds. The first kappa shape index (κ1) is 17.9. The summed E-state index contributed by atoms with van der Waals surface area (Å²) in [6, 6.07) is 17.0. The van der Waals surface area contributed by atoms with E-state index < -0.39 is 9.84 Å². The maximum absolute atomic E-state index is 12.2. The number of hydrogen-bond acceptors (Lipinski definition) is 3. The third kappa shape index (κ3) is 5.06. The molecule has 0 saturated carbocycles. The molecule has 0 fully saturated rings. The molecule has 0 aliphatic rings. The molecule has 0 bridgehead atoms. The van der Waals surface area contributed by atoms with E-state index in [0.717, 1.165) is 0 Å². The number of benzene rings is 2. The van der Waals surface area contributed by atoms with Crippen molar-refractivity contribution in [1.29, 1.82) is 0 Å². The maximum atomic E-state index is 12.2. The number of carbonyl (C=O) groups is 1. The predicted molar refractivity (Wildman–Crippen MR) is 95.6 cm³/mol. The maximum Gasteiger partial charge on any atom is 0.251 e. The SMILES string of the molecule is C=CC(CCCS(=O)(=O)c1ccccc1)NC(=O)c1ccccc1. The quantitative estimate of drug-likeness (QED) is 0.749. The van der Waals surface area contributed by atoms with Gasteiger partial charge in [-0.15, -0.1) is 6.58 Å². The van der Waals surface area contributed by atoms with E-state index in [2.05, 4.69) is 11.9 Å². The second-order valence-electron chi connectivity index (χ2n) is 5.46. The van der Waals surface area contributed by atoms with Crippen LogP contribution in [0.15, 0.2) is 78.2 Å². The molecular formula is C19H21NO3S. The van der Waals surface area contributed by atoms with E-state index in [1.54, 1.807) is 60.7 Å². The van der Waals surface area contributed by atoms with Crippen LogP contribution in [0.4, 0.5) is 0 Å². The molecule has 0 aliphatic carbocycles. The molecule has 2 aromatic rings. The zero-order chi connectivity index (χ0) is 17.4. The molecule has 126 valence electrons. The minimum Gasteiger partial charge on any atom is -0.346 e. The molecule has 0 spiro atoms. The number of hydrogen-bond donors (Lipinski definition) is 1. The molecule has 2 aromatic carbocycles. The van der Waals surface area contributed by atoms with Crippen molar-refractivity contribution < 1.29 is 13.2 Å². The van der Waals surface area contributed by atoms with Crippen molar-refractivity contribution in [3.05, 3.63) is 78.9 Å². The van der Waals surface area contributed by atoms with Gasteiger partial charge in [0.25, 0.3) is 5.91 Å². The Morgan fingerprint density at radius 3 is 2.21 bits per heavy atom. The molecule has 1 unspecified atom stereocenters. The zero-order valence-electron chi connectivity index (χ0n) is 13.4. The Kier molecular flexibility index (Phi) is 6.32. The highest BCUT2D eigenvalue weighted by Gasteiger charge is 2.16. The number of nitrogens with one attached hydrogen (secondary N) is 1. The fourth-order valence-corrected chi connectivity index (χ4v) is 3.68. The average Bonchev–Trinajstić information content (AvgIpc) is 2.62. The van der Waals surface area contributed by atoms with Gasteiger partial charge in [-0.05, 0) is 37.1 Å². The van der Waals surface area contributed by atoms with Crippen LogP contribution in [0.1, 0.15) is 23.2 Å². The van der Waals surface area contributed by atoms with Crippen molar-refractivity contribution in [3.8, 4) is 0 Å². The summed E-state index contributed by atoms with van der Waals surface area (Å²) in [6.45, 7) is 3.72. The van der Waals surface area contributed by atoms with Crippen LogP contribution in [-0.2, 0) is 9.84 Å². The molecule has 0 radical (unpaired) electrons. The monoisotopic (exact) mass is 343 g/mol. The van der Waals surface area contributed by atoms with Crippen LogP contribution in [-0.4, -0.2) is 26.1 Å². The molecule has 0 saturated heterocycles. The molecule has 0 aliphatic heterocycles. The van der Waals surface area contributed by atoms with Gasteiger partial charge in [0, 0.05) is 11.6 Å². The van der Waals surface area contributed by atoms with Gasteiger partial charge in [0.1, 0.15) is 0 Å². The van der Waals surface area contributed by atoms with E-state index in [-0.39, 0.29) is 17.7 Å².